The maximum atomic E-state index is 5.56. The van der Waals surface area contributed by atoms with E-state index in [1.165, 1.54) is 58.7 Å². The van der Waals surface area contributed by atoms with Crippen LogP contribution in [0.15, 0.2) is 194 Å². The SMILES string of the molecule is C1#CCC(n2c3ccccc3c3cccc(-n4c5c(c6cccc(-c7nc(-c8ccc9sc%10ccccc%10c9c8)nc(-c8ccc(-c9ccccc9)c9ccccc89)n7)c64)C=CCC5)c32)=CC=C1. The van der Waals surface area contributed by atoms with Crippen molar-refractivity contribution in [2.75, 3.05) is 0 Å². The van der Waals surface area contributed by atoms with Gasteiger partial charge in [-0.2, -0.15) is 0 Å². The van der Waals surface area contributed by atoms with Crippen LogP contribution in [-0.2, 0) is 6.42 Å². The third-order valence-corrected chi connectivity index (χ3v) is 14.9. The molecule has 2 aliphatic rings. The molecular weight excluding hydrogens is 847 g/mol. The third kappa shape index (κ3) is 6.00. The Morgan fingerprint density at radius 2 is 1.21 bits per heavy atom. The number of benzene rings is 8. The molecule has 0 atom stereocenters. The fraction of sp³-hybridized carbons (Fsp3) is 0.0484. The first-order chi connectivity index (χ1) is 33.7. The van der Waals surface area contributed by atoms with Gasteiger partial charge in [0.2, 0.25) is 0 Å². The summed E-state index contributed by atoms with van der Waals surface area (Å²) >= 11 is 1.82. The Kier molecular flexibility index (Phi) is 8.80. The van der Waals surface area contributed by atoms with E-state index in [0.29, 0.717) is 23.9 Å². The van der Waals surface area contributed by atoms with Crippen LogP contribution in [0.3, 0.4) is 0 Å². The van der Waals surface area contributed by atoms with E-state index >= 15 is 0 Å². The van der Waals surface area contributed by atoms with Gasteiger partial charge in [0.05, 0.1) is 28.7 Å². The van der Waals surface area contributed by atoms with Crippen molar-refractivity contribution < 1.29 is 0 Å². The quantitative estimate of drug-likeness (QED) is 0.156. The third-order valence-electron chi connectivity index (χ3n) is 13.8. The second-order valence-electron chi connectivity index (χ2n) is 17.6. The molecule has 0 unspecified atom stereocenters. The lowest BCUT2D eigenvalue weighted by Gasteiger charge is -2.18. The normalized spacial score (nSPS) is 13.4. The van der Waals surface area contributed by atoms with Crippen LogP contribution in [0.25, 0.3) is 126 Å². The topological polar surface area (TPSA) is 48.5 Å². The van der Waals surface area contributed by atoms with Gasteiger partial charge in [0.1, 0.15) is 0 Å². The van der Waals surface area contributed by atoms with Crippen LogP contribution in [0.5, 0.6) is 0 Å². The van der Waals surface area contributed by atoms with Gasteiger partial charge in [-0.15, -0.1) is 11.3 Å². The van der Waals surface area contributed by atoms with Crippen molar-refractivity contribution in [1.29, 1.82) is 0 Å². The lowest BCUT2D eigenvalue weighted by Crippen LogP contribution is -2.07. The van der Waals surface area contributed by atoms with Crippen LogP contribution in [0, 0.1) is 11.8 Å². The smallest absolute Gasteiger partial charge is 0.166 e. The van der Waals surface area contributed by atoms with E-state index in [2.05, 4.69) is 215 Å². The van der Waals surface area contributed by atoms with Gasteiger partial charge in [-0.25, -0.2) is 15.0 Å². The molecule has 0 amide bonds. The number of hydrogen-bond acceptors (Lipinski definition) is 4. The summed E-state index contributed by atoms with van der Waals surface area (Å²) in [6, 6.07) is 61.1. The first-order valence-corrected chi connectivity index (χ1v) is 24.0. The van der Waals surface area contributed by atoms with Gasteiger partial charge in [0.15, 0.2) is 17.5 Å². The van der Waals surface area contributed by atoms with Crippen LogP contribution in [0.4, 0.5) is 0 Å². The van der Waals surface area contributed by atoms with Gasteiger partial charge in [-0.1, -0.05) is 151 Å². The summed E-state index contributed by atoms with van der Waals surface area (Å²) in [5, 5.41) is 8.26. The zero-order chi connectivity index (χ0) is 44.7. The van der Waals surface area contributed by atoms with Gasteiger partial charge < -0.3 is 9.13 Å². The van der Waals surface area contributed by atoms with Crippen LogP contribution in [-0.4, -0.2) is 24.1 Å². The monoisotopic (exact) mass is 885 g/mol. The Morgan fingerprint density at radius 1 is 0.500 bits per heavy atom. The highest BCUT2D eigenvalue weighted by Gasteiger charge is 2.27. The standard InChI is InChI=1S/C62H39N5S/c1-2-7-21-41(20-6-1)66-53-30-13-10-25-46(53)49-28-17-32-55(59(49)66)67-54-31-14-11-24-45(54)48-27-16-29-51(58(48)67)62-64-60(40-34-37-57-52(38-40)47-26-12-15-33-56(47)68-57)63-61(65-62)50-36-35-42(39-18-4-3-5-19-39)43-22-8-9-23-44(43)50/h1,3-6,8-13,15-20,22-30,32-38H,14,21,31H2. The molecule has 14 rings (SSSR count). The van der Waals surface area contributed by atoms with Crippen molar-refractivity contribution in [1.82, 2.24) is 24.1 Å². The molecule has 4 aromatic heterocycles. The molecule has 0 aliphatic heterocycles. The lowest BCUT2D eigenvalue weighted by molar-refractivity contribution is 0.889. The first kappa shape index (κ1) is 38.6. The predicted octanol–water partition coefficient (Wildman–Crippen LogP) is 15.9. The highest BCUT2D eigenvalue weighted by Crippen LogP contribution is 2.44. The molecule has 12 aromatic rings. The minimum absolute atomic E-state index is 0.627. The Bertz CT molecular complexity index is 4240. The van der Waals surface area contributed by atoms with E-state index in [1.54, 1.807) is 0 Å². The minimum Gasteiger partial charge on any atom is -0.310 e. The molecule has 0 fully saturated rings. The van der Waals surface area contributed by atoms with Crippen LogP contribution in [0.2, 0.25) is 0 Å². The molecule has 4 heterocycles. The van der Waals surface area contributed by atoms with Crippen molar-refractivity contribution in [2.45, 2.75) is 19.3 Å². The molecule has 0 saturated carbocycles. The molecule has 0 N–H and O–H groups in total. The number of rotatable bonds is 6. The van der Waals surface area contributed by atoms with Crippen molar-refractivity contribution in [2.24, 2.45) is 0 Å². The number of thiophene rings is 1. The summed E-state index contributed by atoms with van der Waals surface area (Å²) in [6.07, 6.45) is 13.3. The summed E-state index contributed by atoms with van der Waals surface area (Å²) in [5.41, 5.74) is 13.4. The molecular formula is C62H39N5S. The fourth-order valence-corrected chi connectivity index (χ4v) is 11.9. The molecule has 0 saturated heterocycles. The van der Waals surface area contributed by atoms with E-state index in [-0.39, 0.29) is 0 Å². The van der Waals surface area contributed by atoms with Gasteiger partial charge in [0.25, 0.3) is 0 Å². The first-order valence-electron chi connectivity index (χ1n) is 23.2. The highest BCUT2D eigenvalue weighted by atomic mass is 32.1. The number of para-hydroxylation sites is 3. The molecule has 0 spiro atoms. The Labute approximate surface area is 396 Å². The molecule has 0 radical (unpaired) electrons. The van der Waals surface area contributed by atoms with Gasteiger partial charge in [0, 0.05) is 70.0 Å². The number of hydrogen-bond donors (Lipinski definition) is 0. The maximum Gasteiger partial charge on any atom is 0.166 e. The number of allylic oxidation sites excluding steroid dienone is 5. The summed E-state index contributed by atoms with van der Waals surface area (Å²) in [5.74, 6) is 8.49. The van der Waals surface area contributed by atoms with Crippen molar-refractivity contribution in [3.8, 4) is 62.8 Å². The molecule has 8 aromatic carbocycles. The zero-order valence-electron chi connectivity index (χ0n) is 36.8. The van der Waals surface area contributed by atoms with Crippen LogP contribution >= 0.6 is 11.3 Å². The van der Waals surface area contributed by atoms with E-state index in [1.807, 2.05) is 17.4 Å². The molecule has 318 valence electrons. The summed E-state index contributed by atoms with van der Waals surface area (Å²) in [7, 11) is 0. The fourth-order valence-electron chi connectivity index (χ4n) is 10.8. The molecule has 5 nitrogen and oxygen atoms in total. The van der Waals surface area contributed by atoms with E-state index in [4.69, 9.17) is 15.0 Å². The van der Waals surface area contributed by atoms with Gasteiger partial charge in [-0.3, -0.25) is 0 Å². The average Bonchev–Trinajstić information content (AvgIpc) is 3.97. The van der Waals surface area contributed by atoms with Crippen LogP contribution in [0.1, 0.15) is 24.1 Å². The van der Waals surface area contributed by atoms with E-state index < -0.39 is 0 Å². The van der Waals surface area contributed by atoms with Crippen molar-refractivity contribution >= 4 is 86.8 Å². The van der Waals surface area contributed by atoms with Gasteiger partial charge >= 0.3 is 0 Å². The Hall–Kier alpha value is -8.63. The average molecular weight is 886 g/mol. The highest BCUT2D eigenvalue weighted by molar-refractivity contribution is 7.25. The number of aromatic nitrogens is 5. The van der Waals surface area contributed by atoms with Crippen LogP contribution < -0.4 is 0 Å². The lowest BCUT2D eigenvalue weighted by atomic mass is 9.94. The molecule has 68 heavy (non-hydrogen) atoms. The largest absolute Gasteiger partial charge is 0.310 e. The van der Waals surface area contributed by atoms with E-state index in [0.717, 1.165) is 68.2 Å². The minimum atomic E-state index is 0.627. The predicted molar refractivity (Wildman–Crippen MR) is 285 cm³/mol. The van der Waals surface area contributed by atoms with E-state index in [9.17, 15) is 0 Å². The van der Waals surface area contributed by atoms with Crippen molar-refractivity contribution in [3.05, 3.63) is 205 Å². The molecule has 2 aliphatic carbocycles. The molecule has 6 heteroatoms. The Balaban J connectivity index is 1.07. The van der Waals surface area contributed by atoms with Crippen molar-refractivity contribution in [3.63, 3.8) is 0 Å². The Morgan fingerprint density at radius 3 is 2.10 bits per heavy atom. The summed E-state index contributed by atoms with van der Waals surface area (Å²) in [4.78, 5) is 16.5. The summed E-state index contributed by atoms with van der Waals surface area (Å²) < 4.78 is 7.47. The second-order valence-corrected chi connectivity index (χ2v) is 18.7. The molecule has 0 bridgehead atoms. The maximum absolute atomic E-state index is 5.56. The number of nitrogens with zero attached hydrogens (tertiary/aromatic N) is 5. The number of fused-ring (bicyclic) bond motifs is 10. The van der Waals surface area contributed by atoms with Gasteiger partial charge in [-0.05, 0) is 95.4 Å². The zero-order valence-corrected chi connectivity index (χ0v) is 37.6. The summed E-state index contributed by atoms with van der Waals surface area (Å²) in [6.45, 7) is 0. The second kappa shape index (κ2) is 15.5.